The Morgan fingerprint density at radius 2 is 1.52 bits per heavy atom. The number of rotatable bonds is 9. The van der Waals surface area contributed by atoms with Crippen LogP contribution >= 0.6 is 0 Å². The highest BCUT2D eigenvalue weighted by atomic mass is 16.3. The lowest BCUT2D eigenvalue weighted by Gasteiger charge is -2.43. The highest BCUT2D eigenvalue weighted by molar-refractivity contribution is 5.80. The van der Waals surface area contributed by atoms with Crippen LogP contribution in [0.4, 0.5) is 5.82 Å². The Bertz CT molecular complexity index is 1890. The summed E-state index contributed by atoms with van der Waals surface area (Å²) in [5.41, 5.74) is 2.94. The van der Waals surface area contributed by atoms with Gasteiger partial charge in [-0.1, -0.05) is 91.0 Å². The van der Waals surface area contributed by atoms with E-state index in [0.29, 0.717) is 43.8 Å². The molecule has 0 unspecified atom stereocenters. The third-order valence-corrected chi connectivity index (χ3v) is 9.95. The summed E-state index contributed by atoms with van der Waals surface area (Å²) in [5, 5.41) is 14.9. The van der Waals surface area contributed by atoms with Crippen molar-refractivity contribution >= 4 is 22.8 Å². The molecule has 0 spiro atoms. The molecule has 246 valence electrons. The maximum absolute atomic E-state index is 14.1. The van der Waals surface area contributed by atoms with Crippen LogP contribution < -0.4 is 10.9 Å². The van der Waals surface area contributed by atoms with Crippen molar-refractivity contribution in [3.8, 4) is 0 Å². The van der Waals surface area contributed by atoms with Gasteiger partial charge in [0.2, 0.25) is 5.91 Å². The van der Waals surface area contributed by atoms with E-state index >= 15 is 0 Å². The normalized spacial score (nSPS) is 19.6. The van der Waals surface area contributed by atoms with Crippen molar-refractivity contribution in [2.24, 2.45) is 5.92 Å². The SMILES string of the molecule is O=C([C@@H]1CCN(Cc2ccccc2)C[C@H]1c1ccccc1)N1CCC(O)(Cn2cnc3ccc(NCc4ccccc4)nc3c2=O)CC1. The Hall–Kier alpha value is -4.86. The highest BCUT2D eigenvalue weighted by Crippen LogP contribution is 2.36. The van der Waals surface area contributed by atoms with Gasteiger partial charge in [-0.05, 0) is 54.6 Å². The molecule has 2 aliphatic heterocycles. The Morgan fingerprint density at radius 1 is 0.854 bits per heavy atom. The molecular weight excluding hydrogens is 600 g/mol. The summed E-state index contributed by atoms with van der Waals surface area (Å²) >= 11 is 0. The molecule has 0 radical (unpaired) electrons. The Balaban J connectivity index is 1.01. The molecule has 1 amide bonds. The average molecular weight is 643 g/mol. The third kappa shape index (κ3) is 7.17. The smallest absolute Gasteiger partial charge is 0.280 e. The van der Waals surface area contributed by atoms with Gasteiger partial charge < -0.3 is 15.3 Å². The molecule has 2 aliphatic rings. The van der Waals surface area contributed by atoms with Crippen molar-refractivity contribution in [3.63, 3.8) is 0 Å². The maximum Gasteiger partial charge on any atom is 0.280 e. The minimum Gasteiger partial charge on any atom is -0.388 e. The van der Waals surface area contributed by atoms with Gasteiger partial charge in [0.1, 0.15) is 5.82 Å². The number of aromatic nitrogens is 3. The molecule has 2 aromatic heterocycles. The van der Waals surface area contributed by atoms with Crippen LogP contribution in [0.25, 0.3) is 11.0 Å². The number of piperidine rings is 2. The first-order valence-electron chi connectivity index (χ1n) is 16.9. The highest BCUT2D eigenvalue weighted by Gasteiger charge is 2.41. The van der Waals surface area contributed by atoms with E-state index in [0.717, 1.165) is 31.6 Å². The minimum absolute atomic E-state index is 0.0961. The first-order valence-corrected chi connectivity index (χ1v) is 16.9. The molecule has 0 aliphatic carbocycles. The first kappa shape index (κ1) is 31.7. The first-order chi connectivity index (χ1) is 23.4. The number of pyridine rings is 1. The van der Waals surface area contributed by atoms with Crippen molar-refractivity contribution in [1.29, 1.82) is 0 Å². The van der Waals surface area contributed by atoms with E-state index < -0.39 is 5.60 Å². The molecule has 3 aromatic carbocycles. The minimum atomic E-state index is -1.13. The van der Waals surface area contributed by atoms with Gasteiger partial charge >= 0.3 is 0 Å². The molecule has 2 saturated heterocycles. The van der Waals surface area contributed by atoms with Crippen LogP contribution in [-0.4, -0.2) is 67.1 Å². The summed E-state index contributed by atoms with van der Waals surface area (Å²) in [5.74, 6) is 0.732. The van der Waals surface area contributed by atoms with E-state index in [-0.39, 0.29) is 35.4 Å². The van der Waals surface area contributed by atoms with E-state index in [9.17, 15) is 14.7 Å². The number of fused-ring (bicyclic) bond motifs is 1. The van der Waals surface area contributed by atoms with Crippen LogP contribution in [0.5, 0.6) is 0 Å². The Labute approximate surface area is 280 Å². The topological polar surface area (TPSA) is 104 Å². The van der Waals surface area contributed by atoms with Gasteiger partial charge in [-0.2, -0.15) is 0 Å². The third-order valence-electron chi connectivity index (χ3n) is 9.95. The molecule has 5 aromatic rings. The van der Waals surface area contributed by atoms with E-state index in [1.807, 2.05) is 53.4 Å². The van der Waals surface area contributed by atoms with Gasteiger partial charge in [0.15, 0.2) is 5.52 Å². The van der Waals surface area contributed by atoms with Crippen LogP contribution in [0.3, 0.4) is 0 Å². The number of hydrogen-bond donors (Lipinski definition) is 2. The van der Waals surface area contributed by atoms with Crippen LogP contribution in [0, 0.1) is 5.92 Å². The van der Waals surface area contributed by atoms with Crippen molar-refractivity contribution in [1.82, 2.24) is 24.3 Å². The van der Waals surface area contributed by atoms with E-state index in [2.05, 4.69) is 68.7 Å². The zero-order valence-corrected chi connectivity index (χ0v) is 27.1. The number of benzene rings is 3. The largest absolute Gasteiger partial charge is 0.388 e. The standard InChI is InChI=1S/C39H42N6O3/c46-37(32-18-21-43(25-30-12-6-2-7-13-30)26-33(32)31-14-8-3-9-15-31)44-22-19-39(48,20-23-44)27-45-28-41-34-16-17-35(42-36(34)38(45)47)40-24-29-10-4-1-5-11-29/h1-17,28,32-33,48H,18-27H2,(H,40,42)/t32-,33+/m1/s1. The predicted octanol–water partition coefficient (Wildman–Crippen LogP) is 5.06. The molecular formula is C39H42N6O3. The molecule has 48 heavy (non-hydrogen) atoms. The van der Waals surface area contributed by atoms with Crippen LogP contribution in [0.15, 0.2) is 114 Å². The molecule has 0 bridgehead atoms. The van der Waals surface area contributed by atoms with Gasteiger partial charge in [0.25, 0.3) is 5.56 Å². The summed E-state index contributed by atoms with van der Waals surface area (Å²) < 4.78 is 1.46. The monoisotopic (exact) mass is 642 g/mol. The van der Waals surface area contributed by atoms with E-state index in [4.69, 9.17) is 0 Å². The van der Waals surface area contributed by atoms with Crippen molar-refractivity contribution in [3.05, 3.63) is 136 Å². The zero-order chi connectivity index (χ0) is 32.9. The number of carbonyl (C=O) groups is 1. The number of nitrogens with one attached hydrogen (secondary N) is 1. The molecule has 4 heterocycles. The summed E-state index contributed by atoms with van der Waals surface area (Å²) in [6.07, 6.45) is 3.06. The molecule has 7 rings (SSSR count). The lowest BCUT2D eigenvalue weighted by Crippen LogP contribution is -2.53. The molecule has 2 atom stereocenters. The number of anilines is 1. The molecule has 2 fully saturated rings. The van der Waals surface area contributed by atoms with E-state index in [1.54, 1.807) is 6.07 Å². The molecule has 9 heteroatoms. The van der Waals surface area contributed by atoms with Crippen molar-refractivity contribution in [2.75, 3.05) is 31.5 Å². The van der Waals surface area contributed by atoms with Gasteiger partial charge in [0, 0.05) is 44.6 Å². The van der Waals surface area contributed by atoms with Gasteiger partial charge in [-0.15, -0.1) is 0 Å². The van der Waals surface area contributed by atoms with E-state index in [1.165, 1.54) is 22.0 Å². The van der Waals surface area contributed by atoms with Gasteiger partial charge in [-0.3, -0.25) is 19.1 Å². The number of nitrogens with zero attached hydrogens (tertiary/aromatic N) is 5. The second-order valence-corrected chi connectivity index (χ2v) is 13.3. The summed E-state index contributed by atoms with van der Waals surface area (Å²) in [6.45, 7) is 4.13. The molecule has 2 N–H and O–H groups in total. The quantitative estimate of drug-likeness (QED) is 0.232. The number of carbonyl (C=O) groups excluding carboxylic acids is 1. The molecule has 0 saturated carbocycles. The maximum atomic E-state index is 14.1. The van der Waals surface area contributed by atoms with Crippen molar-refractivity contribution in [2.45, 2.75) is 50.4 Å². The van der Waals surface area contributed by atoms with Crippen molar-refractivity contribution < 1.29 is 9.90 Å². The average Bonchev–Trinajstić information content (AvgIpc) is 3.13. The lowest BCUT2D eigenvalue weighted by atomic mass is 9.79. The van der Waals surface area contributed by atoms with Gasteiger partial charge in [0.05, 0.1) is 24.0 Å². The fourth-order valence-electron chi connectivity index (χ4n) is 7.22. The van der Waals surface area contributed by atoms with Crippen LogP contribution in [0.2, 0.25) is 0 Å². The predicted molar refractivity (Wildman–Crippen MR) is 187 cm³/mol. The molecule has 9 nitrogen and oxygen atoms in total. The number of likely N-dealkylation sites (tertiary alicyclic amines) is 2. The second kappa shape index (κ2) is 14.1. The zero-order valence-electron chi connectivity index (χ0n) is 27.1. The Morgan fingerprint density at radius 3 is 2.23 bits per heavy atom. The number of hydrogen-bond acceptors (Lipinski definition) is 7. The fourth-order valence-corrected chi connectivity index (χ4v) is 7.22. The lowest BCUT2D eigenvalue weighted by molar-refractivity contribution is -0.142. The summed E-state index contributed by atoms with van der Waals surface area (Å²) in [7, 11) is 0. The summed E-state index contributed by atoms with van der Waals surface area (Å²) in [4.78, 5) is 41.0. The summed E-state index contributed by atoms with van der Waals surface area (Å²) in [6, 6.07) is 34.5. The number of amides is 1. The van der Waals surface area contributed by atoms with Gasteiger partial charge in [-0.25, -0.2) is 9.97 Å². The Kier molecular flexibility index (Phi) is 9.31. The number of aliphatic hydroxyl groups is 1. The second-order valence-electron chi connectivity index (χ2n) is 13.3. The van der Waals surface area contributed by atoms with Crippen LogP contribution in [-0.2, 0) is 24.4 Å². The van der Waals surface area contributed by atoms with Crippen LogP contribution in [0.1, 0.15) is 41.9 Å². The fraction of sp³-hybridized carbons (Fsp3) is 0.333.